The Morgan fingerprint density at radius 3 is 2.60 bits per heavy atom. The second-order valence-corrected chi connectivity index (χ2v) is 9.19. The average Bonchev–Trinajstić information content (AvgIpc) is 3.42. The first-order chi connectivity index (χ1) is 19.4. The summed E-state index contributed by atoms with van der Waals surface area (Å²) in [5, 5.41) is 14.5. The third-order valence-corrected chi connectivity index (χ3v) is 6.22. The minimum atomic E-state index is -0.619. The van der Waals surface area contributed by atoms with Gasteiger partial charge in [-0.05, 0) is 66.8 Å². The van der Waals surface area contributed by atoms with E-state index in [2.05, 4.69) is 10.6 Å². The number of nitrogens with one attached hydrogen (secondary N) is 2. The van der Waals surface area contributed by atoms with Crippen LogP contribution in [0.2, 0.25) is 0 Å². The van der Waals surface area contributed by atoms with Gasteiger partial charge in [0, 0.05) is 11.8 Å². The lowest BCUT2D eigenvalue weighted by molar-refractivity contribution is -0.111. The molecule has 0 bridgehead atoms. The van der Waals surface area contributed by atoms with E-state index in [1.807, 2.05) is 19.1 Å². The highest BCUT2D eigenvalue weighted by Gasteiger charge is 2.24. The van der Waals surface area contributed by atoms with E-state index in [-0.39, 0.29) is 31.8 Å². The summed E-state index contributed by atoms with van der Waals surface area (Å²) >= 11 is 0. The molecule has 3 aromatic rings. The average molecular weight is 548 g/mol. The van der Waals surface area contributed by atoms with Gasteiger partial charge in [0.05, 0.1) is 18.0 Å². The topological polar surface area (TPSA) is 141 Å². The molecule has 0 saturated carbocycles. The predicted molar refractivity (Wildman–Crippen MR) is 151 cm³/mol. The van der Waals surface area contributed by atoms with Crippen LogP contribution in [0.3, 0.4) is 0 Å². The van der Waals surface area contributed by atoms with E-state index in [4.69, 9.17) is 29.8 Å². The van der Waals surface area contributed by atoms with E-state index in [0.29, 0.717) is 47.2 Å². The molecule has 210 valence electrons. The summed E-state index contributed by atoms with van der Waals surface area (Å²) in [4.78, 5) is 25.2. The third kappa shape index (κ3) is 7.90. The van der Waals surface area contributed by atoms with Gasteiger partial charge in [-0.25, -0.2) is 4.79 Å². The van der Waals surface area contributed by atoms with Crippen LogP contribution >= 0.6 is 0 Å². The van der Waals surface area contributed by atoms with Crippen molar-refractivity contribution in [2.24, 2.45) is 5.92 Å². The first-order valence-corrected chi connectivity index (χ1v) is 13.0. The molecular weight excluding hydrogens is 514 g/mol. The summed E-state index contributed by atoms with van der Waals surface area (Å²) < 4.78 is 22.0. The molecule has 10 nitrogen and oxygen atoms in total. The van der Waals surface area contributed by atoms with Gasteiger partial charge in [-0.2, -0.15) is 0 Å². The molecule has 3 aromatic carbocycles. The van der Waals surface area contributed by atoms with Gasteiger partial charge in [0.1, 0.15) is 18.5 Å². The number of rotatable bonds is 12. The minimum absolute atomic E-state index is 0.0885. The summed E-state index contributed by atoms with van der Waals surface area (Å²) in [7, 11) is 0. The van der Waals surface area contributed by atoms with Crippen LogP contribution in [-0.2, 0) is 9.53 Å². The fourth-order valence-electron chi connectivity index (χ4n) is 4.15. The Morgan fingerprint density at radius 1 is 1.05 bits per heavy atom. The van der Waals surface area contributed by atoms with Gasteiger partial charge in [-0.3, -0.25) is 10.1 Å². The molecule has 2 amide bonds. The number of hydrogen-bond donors (Lipinski definition) is 4. The molecule has 0 saturated heterocycles. The number of hydrogen-bond acceptors (Lipinski definition) is 8. The fraction of sp³-hybridized carbons (Fsp3) is 0.267. The number of allylic oxidation sites excluding steroid dienone is 1. The van der Waals surface area contributed by atoms with Gasteiger partial charge in [-0.15, -0.1) is 0 Å². The fourth-order valence-corrected chi connectivity index (χ4v) is 4.15. The highest BCUT2D eigenvalue weighted by molar-refractivity contribution is 6.01. The van der Waals surface area contributed by atoms with Crippen LogP contribution < -0.4 is 30.6 Å². The van der Waals surface area contributed by atoms with Gasteiger partial charge in [0.25, 0.3) is 0 Å². The maximum Gasteiger partial charge on any atom is 0.412 e. The smallest absolute Gasteiger partial charge is 0.412 e. The molecule has 10 heteroatoms. The van der Waals surface area contributed by atoms with Crippen molar-refractivity contribution in [3.63, 3.8) is 0 Å². The molecule has 0 aromatic heterocycles. The second kappa shape index (κ2) is 13.9. The maximum absolute atomic E-state index is 12.9. The Morgan fingerprint density at radius 2 is 1.82 bits per heavy atom. The number of nitrogens with two attached hydrogens (primary N) is 1. The number of benzene rings is 3. The van der Waals surface area contributed by atoms with Crippen molar-refractivity contribution in [1.82, 2.24) is 0 Å². The lowest BCUT2D eigenvalue weighted by Crippen LogP contribution is -2.22. The number of ether oxygens (including phenoxy) is 4. The van der Waals surface area contributed by atoms with Gasteiger partial charge in [0.15, 0.2) is 11.5 Å². The lowest BCUT2D eigenvalue weighted by Gasteiger charge is -2.25. The van der Waals surface area contributed by atoms with Crippen LogP contribution in [0.4, 0.5) is 21.9 Å². The van der Waals surface area contributed by atoms with Crippen LogP contribution in [0.5, 0.6) is 17.2 Å². The van der Waals surface area contributed by atoms with E-state index in [1.54, 1.807) is 60.7 Å². The lowest BCUT2D eigenvalue weighted by atomic mass is 9.93. The number of para-hydroxylation sites is 2. The molecule has 0 aliphatic carbocycles. The van der Waals surface area contributed by atoms with E-state index in [9.17, 15) is 9.59 Å². The van der Waals surface area contributed by atoms with E-state index in [1.165, 1.54) is 6.08 Å². The number of nitrogen functional groups attached to an aromatic ring is 1. The van der Waals surface area contributed by atoms with Gasteiger partial charge in [0.2, 0.25) is 12.7 Å². The number of aliphatic hydroxyl groups is 1. The zero-order valence-corrected chi connectivity index (χ0v) is 22.2. The monoisotopic (exact) mass is 547 g/mol. The molecule has 5 N–H and O–H groups in total. The van der Waals surface area contributed by atoms with E-state index in [0.717, 1.165) is 5.56 Å². The Labute approximate surface area is 232 Å². The molecule has 1 aliphatic heterocycles. The highest BCUT2D eigenvalue weighted by atomic mass is 16.7. The van der Waals surface area contributed by atoms with Crippen LogP contribution in [0, 0.1) is 5.92 Å². The number of carbonyl (C=O) groups is 2. The molecule has 0 radical (unpaired) electrons. The van der Waals surface area contributed by atoms with Crippen molar-refractivity contribution in [2.45, 2.75) is 25.9 Å². The normalized spacial score (nSPS) is 13.4. The van der Waals surface area contributed by atoms with Gasteiger partial charge < -0.3 is 35.1 Å². The van der Waals surface area contributed by atoms with Gasteiger partial charge in [-0.1, -0.05) is 37.3 Å². The zero-order valence-electron chi connectivity index (χ0n) is 22.2. The quantitative estimate of drug-likeness (QED) is 0.178. The summed E-state index contributed by atoms with van der Waals surface area (Å²) in [6.07, 6.45) is 3.27. The first kappa shape index (κ1) is 28.3. The molecule has 1 aliphatic rings. The standard InChI is InChI=1S/C30H33N3O7/c1-20(6-2-5-9-28(35)33-25-8-4-3-7-24(25)31)29(21-10-13-23(14-11-21)37-17-16-34)40-30(36)32-22-12-15-26-27(18-22)39-19-38-26/h3-5,7-15,18,20,29,34H,2,6,16-17,19,31H2,1H3,(H,32,36)(H,33,35)/b9-5+/t20-,29+/m1/s1. The first-order valence-electron chi connectivity index (χ1n) is 13.0. The molecule has 0 unspecified atom stereocenters. The van der Waals surface area contributed by atoms with Crippen molar-refractivity contribution in [1.29, 1.82) is 0 Å². The van der Waals surface area contributed by atoms with Crippen molar-refractivity contribution < 1.29 is 33.6 Å². The Bertz CT molecular complexity index is 1330. The number of aliphatic hydroxyl groups excluding tert-OH is 1. The van der Waals surface area contributed by atoms with E-state index < -0.39 is 12.2 Å². The number of anilines is 3. The van der Waals surface area contributed by atoms with Crippen molar-refractivity contribution in [2.75, 3.05) is 36.4 Å². The number of carbonyl (C=O) groups excluding carboxylic acids is 2. The van der Waals surface area contributed by atoms with Crippen molar-refractivity contribution in [3.05, 3.63) is 84.4 Å². The molecular formula is C30H33N3O7. The SMILES string of the molecule is C[C@H](CC/C=C/C(=O)Nc1ccccc1N)[C@H](OC(=O)Nc1ccc2c(c1)OCO2)c1ccc(OCCO)cc1. The third-order valence-electron chi connectivity index (χ3n) is 6.22. The molecule has 40 heavy (non-hydrogen) atoms. The number of amides is 2. The highest BCUT2D eigenvalue weighted by Crippen LogP contribution is 2.35. The zero-order chi connectivity index (χ0) is 28.3. The minimum Gasteiger partial charge on any atom is -0.491 e. The molecule has 0 fully saturated rings. The Hall–Kier alpha value is -4.70. The Kier molecular flexibility index (Phi) is 9.84. The van der Waals surface area contributed by atoms with Crippen LogP contribution in [0.1, 0.15) is 31.4 Å². The Balaban J connectivity index is 1.38. The molecule has 1 heterocycles. The van der Waals surface area contributed by atoms with Crippen molar-refractivity contribution >= 4 is 29.1 Å². The van der Waals surface area contributed by atoms with Crippen LogP contribution in [0.25, 0.3) is 0 Å². The molecule has 2 atom stereocenters. The summed E-state index contributed by atoms with van der Waals surface area (Å²) in [5.41, 5.74) is 8.22. The van der Waals surface area contributed by atoms with Gasteiger partial charge >= 0.3 is 6.09 Å². The largest absolute Gasteiger partial charge is 0.491 e. The predicted octanol–water partition coefficient (Wildman–Crippen LogP) is 5.27. The van der Waals surface area contributed by atoms with Crippen LogP contribution in [-0.4, -0.2) is 37.1 Å². The van der Waals surface area contributed by atoms with Crippen LogP contribution in [0.15, 0.2) is 78.9 Å². The maximum atomic E-state index is 12.9. The molecule has 0 spiro atoms. The summed E-state index contributed by atoms with van der Waals surface area (Å²) in [6, 6.07) is 19.3. The molecule has 4 rings (SSSR count). The summed E-state index contributed by atoms with van der Waals surface area (Å²) in [5.74, 6) is 1.39. The second-order valence-electron chi connectivity index (χ2n) is 9.19. The van der Waals surface area contributed by atoms with E-state index >= 15 is 0 Å². The number of fused-ring (bicyclic) bond motifs is 1. The summed E-state index contributed by atoms with van der Waals surface area (Å²) in [6.45, 7) is 2.21. The van der Waals surface area contributed by atoms with Crippen molar-refractivity contribution in [3.8, 4) is 17.2 Å².